The molecule has 2 aromatic rings. The van der Waals surface area contributed by atoms with Crippen LogP contribution in [0.5, 0.6) is 0 Å². The van der Waals surface area contributed by atoms with E-state index in [1.165, 1.54) is 4.57 Å². The van der Waals surface area contributed by atoms with Gasteiger partial charge in [0.15, 0.2) is 0 Å². The summed E-state index contributed by atoms with van der Waals surface area (Å²) >= 11 is 11.8. The van der Waals surface area contributed by atoms with E-state index >= 15 is 0 Å². The molecule has 0 amide bonds. The summed E-state index contributed by atoms with van der Waals surface area (Å²) in [7, 11) is 1.43. The Kier molecular flexibility index (Phi) is 4.82. The minimum absolute atomic E-state index is 0.152. The van der Waals surface area contributed by atoms with Crippen molar-refractivity contribution >= 4 is 42.9 Å². The van der Waals surface area contributed by atoms with Crippen LogP contribution in [0.15, 0.2) is 23.4 Å². The van der Waals surface area contributed by atoms with Gasteiger partial charge >= 0.3 is 0 Å². The summed E-state index contributed by atoms with van der Waals surface area (Å²) in [5, 5.41) is 8.23. The molecule has 0 atom stereocenters. The normalized spacial score (nSPS) is 12.1. The molecule has 0 fully saturated rings. The third kappa shape index (κ3) is 3.69. The van der Waals surface area contributed by atoms with Crippen molar-refractivity contribution in [1.29, 1.82) is 0 Å². The molecule has 0 saturated carbocycles. The van der Waals surface area contributed by atoms with E-state index in [0.717, 1.165) is 5.56 Å². The van der Waals surface area contributed by atoms with Crippen molar-refractivity contribution in [2.75, 3.05) is 0 Å². The van der Waals surface area contributed by atoms with Gasteiger partial charge in [0.25, 0.3) is 14.2 Å². The van der Waals surface area contributed by atoms with Gasteiger partial charge in [0.1, 0.15) is 5.82 Å². The van der Waals surface area contributed by atoms with Gasteiger partial charge in [0.2, 0.25) is 0 Å². The molecule has 2 rings (SSSR count). The van der Waals surface area contributed by atoms with E-state index < -0.39 is 9.05 Å². The lowest BCUT2D eigenvalue weighted by Gasteiger charge is -2.12. The summed E-state index contributed by atoms with van der Waals surface area (Å²) in [6.45, 7) is 3.65. The van der Waals surface area contributed by atoms with Gasteiger partial charge < -0.3 is 0 Å². The van der Waals surface area contributed by atoms with Gasteiger partial charge in [-0.2, -0.15) is 0 Å². The first-order chi connectivity index (χ1) is 9.70. The summed E-state index contributed by atoms with van der Waals surface area (Å²) in [6.07, 6.45) is 0.370. The Hall–Kier alpha value is -0.820. The molecule has 0 bridgehead atoms. The van der Waals surface area contributed by atoms with Gasteiger partial charge in [-0.15, -0.1) is 10.2 Å². The highest BCUT2D eigenvalue weighted by molar-refractivity contribution is 8.13. The highest BCUT2D eigenvalue weighted by Gasteiger charge is 2.24. The highest BCUT2D eigenvalue weighted by Crippen LogP contribution is 2.25. The minimum Gasteiger partial charge on any atom is -0.298 e. The first kappa shape index (κ1) is 16.5. The van der Waals surface area contributed by atoms with Crippen molar-refractivity contribution in [2.45, 2.75) is 31.5 Å². The molecule has 0 aliphatic heterocycles. The molecule has 0 aliphatic rings. The van der Waals surface area contributed by atoms with Crippen LogP contribution in [-0.4, -0.2) is 23.2 Å². The maximum Gasteiger partial charge on any atom is 0.296 e. The predicted octanol–water partition coefficient (Wildman–Crippen LogP) is 3.68. The first-order valence-corrected chi connectivity index (χ1v) is 9.09. The summed E-state index contributed by atoms with van der Waals surface area (Å²) in [4.78, 5) is 0. The van der Waals surface area contributed by atoms with E-state index in [9.17, 15) is 8.42 Å². The number of rotatable bonds is 4. The Labute approximate surface area is 137 Å². The lowest BCUT2D eigenvalue weighted by molar-refractivity contribution is 0.512. The fraction of sp³-hybridized carbons (Fsp3) is 0.333. The standard InChI is InChI=1S/C12H12Cl3N3O2S/c1-7(2)18-11(16-17-12(18)21(15,19)20)6-8-3-4-9(13)10(14)5-8/h3-5,7H,6H2,1-2H3. The Bertz CT molecular complexity index is 772. The van der Waals surface area contributed by atoms with Crippen LogP contribution in [0.4, 0.5) is 0 Å². The van der Waals surface area contributed by atoms with Crippen molar-refractivity contribution in [3.8, 4) is 0 Å². The van der Waals surface area contributed by atoms with Crippen molar-refractivity contribution in [2.24, 2.45) is 0 Å². The molecule has 0 spiro atoms. The average molecular weight is 369 g/mol. The molecule has 0 unspecified atom stereocenters. The lowest BCUT2D eigenvalue weighted by Crippen LogP contribution is -2.12. The summed E-state index contributed by atoms with van der Waals surface area (Å²) in [5.41, 5.74) is 0.845. The van der Waals surface area contributed by atoms with Crippen LogP contribution in [0.2, 0.25) is 10.0 Å². The van der Waals surface area contributed by atoms with Crippen LogP contribution in [0.25, 0.3) is 0 Å². The molecule has 1 aromatic carbocycles. The predicted molar refractivity (Wildman–Crippen MR) is 82.7 cm³/mol. The zero-order valence-corrected chi connectivity index (χ0v) is 14.3. The van der Waals surface area contributed by atoms with Crippen molar-refractivity contribution in [1.82, 2.24) is 14.8 Å². The fourth-order valence-corrected chi connectivity index (χ4v) is 3.27. The molecule has 9 heteroatoms. The van der Waals surface area contributed by atoms with E-state index in [1.54, 1.807) is 18.2 Å². The Morgan fingerprint density at radius 1 is 1.19 bits per heavy atom. The lowest BCUT2D eigenvalue weighted by atomic mass is 10.1. The zero-order chi connectivity index (χ0) is 15.8. The topological polar surface area (TPSA) is 64.8 Å². The number of benzene rings is 1. The SMILES string of the molecule is CC(C)n1c(Cc2ccc(Cl)c(Cl)c2)nnc1S(=O)(=O)Cl. The number of nitrogens with zero attached hydrogens (tertiary/aromatic N) is 3. The molecule has 0 radical (unpaired) electrons. The maximum atomic E-state index is 11.5. The molecule has 0 N–H and O–H groups in total. The van der Waals surface area contributed by atoms with E-state index in [2.05, 4.69) is 10.2 Å². The van der Waals surface area contributed by atoms with Gasteiger partial charge in [-0.05, 0) is 31.5 Å². The molecular formula is C12H12Cl3N3O2S. The molecule has 21 heavy (non-hydrogen) atoms. The Morgan fingerprint density at radius 2 is 1.86 bits per heavy atom. The largest absolute Gasteiger partial charge is 0.298 e. The van der Waals surface area contributed by atoms with Crippen LogP contribution in [0.1, 0.15) is 31.3 Å². The van der Waals surface area contributed by atoms with Crippen molar-refractivity contribution in [3.05, 3.63) is 39.6 Å². The smallest absolute Gasteiger partial charge is 0.296 e. The number of hydrogen-bond donors (Lipinski definition) is 0. The van der Waals surface area contributed by atoms with Gasteiger partial charge in [0.05, 0.1) is 10.0 Å². The molecule has 0 saturated heterocycles. The van der Waals surface area contributed by atoms with Crippen LogP contribution in [0, 0.1) is 0 Å². The average Bonchev–Trinajstić information content (AvgIpc) is 2.77. The molecule has 114 valence electrons. The second-order valence-corrected chi connectivity index (χ2v) is 8.00. The molecule has 1 aromatic heterocycles. The quantitative estimate of drug-likeness (QED) is 0.772. The van der Waals surface area contributed by atoms with Crippen molar-refractivity contribution < 1.29 is 8.42 Å². The number of aromatic nitrogens is 3. The Morgan fingerprint density at radius 3 is 2.38 bits per heavy atom. The van der Waals surface area contributed by atoms with Gasteiger partial charge in [0, 0.05) is 23.1 Å². The molecule has 5 nitrogen and oxygen atoms in total. The molecule has 1 heterocycles. The highest BCUT2D eigenvalue weighted by atomic mass is 35.7. The van der Waals surface area contributed by atoms with Crippen LogP contribution in [0.3, 0.4) is 0 Å². The molecular weight excluding hydrogens is 357 g/mol. The zero-order valence-electron chi connectivity index (χ0n) is 11.2. The summed E-state index contributed by atoms with van der Waals surface area (Å²) in [5.74, 6) is 0.489. The monoisotopic (exact) mass is 367 g/mol. The van der Waals surface area contributed by atoms with E-state index in [-0.39, 0.29) is 11.2 Å². The Balaban J connectivity index is 2.45. The van der Waals surface area contributed by atoms with Gasteiger partial charge in [-0.25, -0.2) is 8.42 Å². The second-order valence-electron chi connectivity index (χ2n) is 4.73. The fourth-order valence-electron chi connectivity index (χ4n) is 1.95. The second kappa shape index (κ2) is 6.12. The number of hydrogen-bond acceptors (Lipinski definition) is 4. The van der Waals surface area contributed by atoms with Crippen LogP contribution >= 0.6 is 33.9 Å². The number of halogens is 3. The third-order valence-corrected chi connectivity index (χ3v) is 4.68. The minimum atomic E-state index is -3.95. The first-order valence-electron chi connectivity index (χ1n) is 6.02. The van der Waals surface area contributed by atoms with E-state index in [1.807, 2.05) is 13.8 Å². The summed E-state index contributed by atoms with van der Waals surface area (Å²) < 4.78 is 24.5. The maximum absolute atomic E-state index is 11.5. The van der Waals surface area contributed by atoms with Crippen molar-refractivity contribution in [3.63, 3.8) is 0 Å². The van der Waals surface area contributed by atoms with E-state index in [0.29, 0.717) is 22.3 Å². The van der Waals surface area contributed by atoms with Gasteiger partial charge in [-0.3, -0.25) is 4.57 Å². The molecule has 0 aliphatic carbocycles. The summed E-state index contributed by atoms with van der Waals surface area (Å²) in [6, 6.07) is 5.02. The van der Waals surface area contributed by atoms with Crippen LogP contribution < -0.4 is 0 Å². The van der Waals surface area contributed by atoms with Crippen LogP contribution in [-0.2, 0) is 15.5 Å². The van der Waals surface area contributed by atoms with E-state index in [4.69, 9.17) is 33.9 Å². The third-order valence-electron chi connectivity index (χ3n) is 2.82. The van der Waals surface area contributed by atoms with Gasteiger partial charge in [-0.1, -0.05) is 29.3 Å².